The number of hydrogen-bond acceptors (Lipinski definition) is 4. The zero-order valence-corrected chi connectivity index (χ0v) is 12.2. The Morgan fingerprint density at radius 3 is 2.95 bits per heavy atom. The molecule has 0 unspecified atom stereocenters. The minimum absolute atomic E-state index is 0.219. The van der Waals surface area contributed by atoms with Crippen molar-refractivity contribution in [2.24, 2.45) is 0 Å². The number of fused-ring (bicyclic) bond motifs is 1. The zero-order chi connectivity index (χ0) is 14.9. The summed E-state index contributed by atoms with van der Waals surface area (Å²) >= 11 is 1.53. The molecule has 2 N–H and O–H groups in total. The number of amides is 1. The predicted octanol–water partition coefficient (Wildman–Crippen LogP) is 3.04. The van der Waals surface area contributed by atoms with Crippen molar-refractivity contribution in [2.75, 3.05) is 5.32 Å². The summed E-state index contributed by atoms with van der Waals surface area (Å²) in [6, 6.07) is 7.54. The van der Waals surface area contributed by atoms with Crippen LogP contribution in [0, 0.1) is 0 Å². The van der Waals surface area contributed by atoms with Crippen LogP contribution in [0.15, 0.2) is 53.6 Å². The van der Waals surface area contributed by atoms with Crippen molar-refractivity contribution in [1.29, 1.82) is 0 Å². The van der Waals surface area contributed by atoms with Gasteiger partial charge in [-0.1, -0.05) is 0 Å². The maximum atomic E-state index is 12.2. The fourth-order valence-electron chi connectivity index (χ4n) is 2.20. The second-order valence-corrected chi connectivity index (χ2v) is 5.52. The zero-order valence-electron chi connectivity index (χ0n) is 11.4. The molecule has 0 aromatic carbocycles. The highest BCUT2D eigenvalue weighted by atomic mass is 32.1. The number of pyridine rings is 1. The molecule has 0 fully saturated rings. The van der Waals surface area contributed by atoms with E-state index in [2.05, 4.69) is 20.5 Å². The van der Waals surface area contributed by atoms with E-state index >= 15 is 0 Å². The summed E-state index contributed by atoms with van der Waals surface area (Å²) in [5.74, 6) is -0.219. The SMILES string of the molecule is O=C(Nc1ccsc1)c1cn2cc(-c3cc[nH]n3)ccc2n1. The smallest absolute Gasteiger partial charge is 0.275 e. The molecule has 0 aliphatic heterocycles. The van der Waals surface area contributed by atoms with Crippen molar-refractivity contribution in [2.45, 2.75) is 0 Å². The van der Waals surface area contributed by atoms with Crippen molar-refractivity contribution >= 4 is 28.6 Å². The van der Waals surface area contributed by atoms with Gasteiger partial charge in [-0.3, -0.25) is 9.89 Å². The summed E-state index contributed by atoms with van der Waals surface area (Å²) in [7, 11) is 0. The highest BCUT2D eigenvalue weighted by Gasteiger charge is 2.12. The lowest BCUT2D eigenvalue weighted by Crippen LogP contribution is -2.11. The van der Waals surface area contributed by atoms with Crippen LogP contribution in [0.1, 0.15) is 10.5 Å². The highest BCUT2D eigenvalue weighted by molar-refractivity contribution is 7.08. The predicted molar refractivity (Wildman–Crippen MR) is 85.0 cm³/mol. The van der Waals surface area contributed by atoms with E-state index in [4.69, 9.17) is 0 Å². The van der Waals surface area contributed by atoms with Gasteiger partial charge in [0.15, 0.2) is 0 Å². The van der Waals surface area contributed by atoms with E-state index in [-0.39, 0.29) is 5.91 Å². The normalized spacial score (nSPS) is 10.9. The molecule has 108 valence electrons. The number of thiophene rings is 1. The van der Waals surface area contributed by atoms with Crippen molar-refractivity contribution in [3.05, 3.63) is 59.3 Å². The Morgan fingerprint density at radius 1 is 1.23 bits per heavy atom. The van der Waals surface area contributed by atoms with Gasteiger partial charge >= 0.3 is 0 Å². The number of carbonyl (C=O) groups is 1. The molecule has 0 bridgehead atoms. The van der Waals surface area contributed by atoms with Crippen LogP contribution in [0.4, 0.5) is 5.69 Å². The largest absolute Gasteiger partial charge is 0.320 e. The Bertz CT molecular complexity index is 924. The van der Waals surface area contributed by atoms with Crippen LogP contribution < -0.4 is 5.32 Å². The Hall–Kier alpha value is -2.93. The Labute approximate surface area is 129 Å². The number of anilines is 1. The van der Waals surface area contributed by atoms with Gasteiger partial charge in [-0.15, -0.1) is 0 Å². The minimum Gasteiger partial charge on any atom is -0.320 e. The molecule has 0 aliphatic carbocycles. The lowest BCUT2D eigenvalue weighted by Gasteiger charge is -1.98. The van der Waals surface area contributed by atoms with Crippen LogP contribution in [0.2, 0.25) is 0 Å². The standard InChI is InChI=1S/C15H11N5OS/c21-15(17-11-4-6-22-9-11)13-8-20-7-10(1-2-14(20)18-13)12-3-5-16-19-12/h1-9H,(H,16,19)(H,17,21). The Morgan fingerprint density at radius 2 is 2.18 bits per heavy atom. The topological polar surface area (TPSA) is 75.1 Å². The number of nitrogens with zero attached hydrogens (tertiary/aromatic N) is 3. The van der Waals surface area contributed by atoms with E-state index in [0.717, 1.165) is 22.6 Å². The lowest BCUT2D eigenvalue weighted by molar-refractivity contribution is 0.102. The quantitative estimate of drug-likeness (QED) is 0.611. The van der Waals surface area contributed by atoms with Crippen molar-refractivity contribution in [1.82, 2.24) is 19.6 Å². The number of imidazole rings is 1. The van der Waals surface area contributed by atoms with Gasteiger partial charge in [0, 0.05) is 29.5 Å². The second-order valence-electron chi connectivity index (χ2n) is 4.74. The molecule has 0 saturated carbocycles. The van der Waals surface area contributed by atoms with Gasteiger partial charge in [0.1, 0.15) is 11.3 Å². The summed E-state index contributed by atoms with van der Waals surface area (Å²) in [6.45, 7) is 0. The van der Waals surface area contributed by atoms with Gasteiger partial charge in [-0.25, -0.2) is 4.98 Å². The van der Waals surface area contributed by atoms with Gasteiger partial charge in [0.05, 0.1) is 11.4 Å². The number of rotatable bonds is 3. The molecule has 4 aromatic heterocycles. The molecule has 6 nitrogen and oxygen atoms in total. The first kappa shape index (κ1) is 12.8. The number of nitrogens with one attached hydrogen (secondary N) is 2. The van der Waals surface area contributed by atoms with Crippen molar-refractivity contribution < 1.29 is 4.79 Å². The molecule has 4 rings (SSSR count). The monoisotopic (exact) mass is 309 g/mol. The fourth-order valence-corrected chi connectivity index (χ4v) is 2.79. The maximum absolute atomic E-state index is 12.2. The van der Waals surface area contributed by atoms with E-state index in [9.17, 15) is 4.79 Å². The van der Waals surface area contributed by atoms with E-state index < -0.39 is 0 Å². The number of aromatic amines is 1. The molecule has 0 atom stereocenters. The number of carbonyl (C=O) groups excluding carboxylic acids is 1. The van der Waals surface area contributed by atoms with Gasteiger partial charge in [-0.2, -0.15) is 16.4 Å². The van der Waals surface area contributed by atoms with Crippen LogP contribution in [-0.4, -0.2) is 25.5 Å². The van der Waals surface area contributed by atoms with E-state index in [1.54, 1.807) is 12.4 Å². The summed E-state index contributed by atoms with van der Waals surface area (Å²) in [6.07, 6.45) is 5.39. The molecule has 4 heterocycles. The molecule has 1 amide bonds. The Balaban J connectivity index is 1.67. The van der Waals surface area contributed by atoms with Gasteiger partial charge in [0.2, 0.25) is 0 Å². The molecule has 4 aromatic rings. The van der Waals surface area contributed by atoms with Crippen LogP contribution in [-0.2, 0) is 0 Å². The van der Waals surface area contributed by atoms with Crippen LogP contribution >= 0.6 is 11.3 Å². The first-order chi connectivity index (χ1) is 10.8. The van der Waals surface area contributed by atoms with Gasteiger partial charge in [-0.05, 0) is 29.6 Å². The third kappa shape index (κ3) is 2.27. The first-order valence-electron chi connectivity index (χ1n) is 6.62. The van der Waals surface area contributed by atoms with E-state index in [1.165, 1.54) is 11.3 Å². The van der Waals surface area contributed by atoms with E-state index in [1.807, 2.05) is 45.6 Å². The van der Waals surface area contributed by atoms with Gasteiger partial charge < -0.3 is 9.72 Å². The van der Waals surface area contributed by atoms with Crippen molar-refractivity contribution in [3.63, 3.8) is 0 Å². The molecule has 0 saturated heterocycles. The summed E-state index contributed by atoms with van der Waals surface area (Å²) in [4.78, 5) is 16.5. The lowest BCUT2D eigenvalue weighted by atomic mass is 10.2. The fraction of sp³-hybridized carbons (Fsp3) is 0. The highest BCUT2D eigenvalue weighted by Crippen LogP contribution is 2.18. The number of H-pyrrole nitrogens is 1. The van der Waals surface area contributed by atoms with Crippen LogP contribution in [0.25, 0.3) is 16.9 Å². The summed E-state index contributed by atoms with van der Waals surface area (Å²) < 4.78 is 1.83. The van der Waals surface area contributed by atoms with Crippen molar-refractivity contribution in [3.8, 4) is 11.3 Å². The maximum Gasteiger partial charge on any atom is 0.275 e. The number of aromatic nitrogens is 4. The van der Waals surface area contributed by atoms with Crippen LogP contribution in [0.5, 0.6) is 0 Å². The molecule has 7 heteroatoms. The third-order valence-corrected chi connectivity index (χ3v) is 3.94. The summed E-state index contributed by atoms with van der Waals surface area (Å²) in [5.41, 5.74) is 3.68. The average molecular weight is 309 g/mol. The molecule has 0 spiro atoms. The number of hydrogen-bond donors (Lipinski definition) is 2. The minimum atomic E-state index is -0.219. The molecule has 22 heavy (non-hydrogen) atoms. The van der Waals surface area contributed by atoms with Crippen LogP contribution in [0.3, 0.4) is 0 Å². The summed E-state index contributed by atoms with van der Waals surface area (Å²) in [5, 5.41) is 13.5. The van der Waals surface area contributed by atoms with E-state index in [0.29, 0.717) is 5.69 Å². The third-order valence-electron chi connectivity index (χ3n) is 3.26. The first-order valence-corrected chi connectivity index (χ1v) is 7.56. The Kier molecular flexibility index (Phi) is 2.97. The van der Waals surface area contributed by atoms with Gasteiger partial charge in [0.25, 0.3) is 5.91 Å². The second kappa shape index (κ2) is 5.12. The molecular formula is C15H11N5OS. The average Bonchev–Trinajstić information content (AvgIpc) is 3.27. The molecule has 0 radical (unpaired) electrons. The molecular weight excluding hydrogens is 298 g/mol. The molecule has 0 aliphatic rings.